The summed E-state index contributed by atoms with van der Waals surface area (Å²) in [5.41, 5.74) is 0.539. The van der Waals surface area contributed by atoms with Crippen LogP contribution >= 0.6 is 0 Å². The monoisotopic (exact) mass is 207 g/mol. The van der Waals surface area contributed by atoms with Crippen molar-refractivity contribution in [1.82, 2.24) is 5.32 Å². The molecular formula is C12H17NO2. The Morgan fingerprint density at radius 2 is 2.20 bits per heavy atom. The molecule has 1 saturated carbocycles. The summed E-state index contributed by atoms with van der Waals surface area (Å²) in [6, 6.07) is 4.07. The van der Waals surface area contributed by atoms with Crippen LogP contribution in [0.1, 0.15) is 18.6 Å². The standard InChI is InChI=1S/C12H17NO2/c1-13-7-11(4-5-11)12(8-14-9-12)10-3-2-6-15-10/h2-3,6,13H,4-5,7-9H2,1H3. The first-order chi connectivity index (χ1) is 7.33. The van der Waals surface area contributed by atoms with E-state index in [9.17, 15) is 0 Å². The van der Waals surface area contributed by atoms with Crippen LogP contribution in [0.5, 0.6) is 0 Å². The predicted octanol–water partition coefficient (Wildman–Crippen LogP) is 1.55. The molecule has 2 fully saturated rings. The van der Waals surface area contributed by atoms with Crippen molar-refractivity contribution in [3.8, 4) is 0 Å². The highest BCUT2D eigenvalue weighted by molar-refractivity contribution is 5.28. The van der Waals surface area contributed by atoms with Gasteiger partial charge in [-0.15, -0.1) is 0 Å². The number of rotatable bonds is 4. The van der Waals surface area contributed by atoms with Gasteiger partial charge in [-0.3, -0.25) is 0 Å². The Labute approximate surface area is 89.8 Å². The van der Waals surface area contributed by atoms with Crippen molar-refractivity contribution in [1.29, 1.82) is 0 Å². The summed E-state index contributed by atoms with van der Waals surface area (Å²) in [5.74, 6) is 1.11. The van der Waals surface area contributed by atoms with E-state index < -0.39 is 0 Å². The Morgan fingerprint density at radius 3 is 2.60 bits per heavy atom. The van der Waals surface area contributed by atoms with Gasteiger partial charge in [-0.25, -0.2) is 0 Å². The van der Waals surface area contributed by atoms with Crippen LogP contribution in [0.4, 0.5) is 0 Å². The fraction of sp³-hybridized carbons (Fsp3) is 0.667. The van der Waals surface area contributed by atoms with Gasteiger partial charge in [-0.05, 0) is 32.0 Å². The smallest absolute Gasteiger partial charge is 0.115 e. The van der Waals surface area contributed by atoms with Crippen LogP contribution < -0.4 is 5.32 Å². The molecule has 1 saturated heterocycles. The first-order valence-electron chi connectivity index (χ1n) is 5.59. The highest BCUT2D eigenvalue weighted by Gasteiger charge is 2.64. The van der Waals surface area contributed by atoms with Gasteiger partial charge in [0, 0.05) is 12.0 Å². The van der Waals surface area contributed by atoms with Crippen LogP contribution in [-0.2, 0) is 10.2 Å². The molecule has 3 heteroatoms. The predicted molar refractivity (Wildman–Crippen MR) is 56.8 cm³/mol. The largest absolute Gasteiger partial charge is 0.469 e. The van der Waals surface area contributed by atoms with Gasteiger partial charge in [-0.2, -0.15) is 0 Å². The van der Waals surface area contributed by atoms with Crippen LogP contribution in [0.25, 0.3) is 0 Å². The summed E-state index contributed by atoms with van der Waals surface area (Å²) >= 11 is 0. The van der Waals surface area contributed by atoms with Gasteiger partial charge in [0.25, 0.3) is 0 Å². The molecule has 0 bridgehead atoms. The van der Waals surface area contributed by atoms with E-state index in [0.717, 1.165) is 25.5 Å². The zero-order valence-corrected chi connectivity index (χ0v) is 9.08. The summed E-state index contributed by atoms with van der Waals surface area (Å²) in [7, 11) is 2.02. The van der Waals surface area contributed by atoms with E-state index in [-0.39, 0.29) is 5.41 Å². The highest BCUT2D eigenvalue weighted by atomic mass is 16.5. The Hall–Kier alpha value is -0.800. The fourth-order valence-corrected chi connectivity index (χ4v) is 2.88. The van der Waals surface area contributed by atoms with E-state index in [1.807, 2.05) is 13.1 Å². The first-order valence-corrected chi connectivity index (χ1v) is 5.59. The van der Waals surface area contributed by atoms with Crippen molar-refractivity contribution in [3.05, 3.63) is 24.2 Å². The average Bonchev–Trinajstić information content (AvgIpc) is 2.75. The van der Waals surface area contributed by atoms with Gasteiger partial charge >= 0.3 is 0 Å². The second-order valence-electron chi connectivity index (χ2n) is 4.86. The van der Waals surface area contributed by atoms with Crippen molar-refractivity contribution >= 4 is 0 Å². The number of ether oxygens (including phenoxy) is 1. The molecule has 0 atom stereocenters. The van der Waals surface area contributed by atoms with Gasteiger partial charge < -0.3 is 14.5 Å². The van der Waals surface area contributed by atoms with Crippen molar-refractivity contribution in [2.45, 2.75) is 18.3 Å². The molecule has 0 spiro atoms. The molecule has 3 nitrogen and oxygen atoms in total. The zero-order valence-electron chi connectivity index (χ0n) is 9.08. The minimum absolute atomic E-state index is 0.152. The molecule has 3 rings (SSSR count). The lowest BCUT2D eigenvalue weighted by atomic mass is 9.69. The maximum atomic E-state index is 5.61. The van der Waals surface area contributed by atoms with Gasteiger partial charge in [0.2, 0.25) is 0 Å². The molecule has 0 radical (unpaired) electrons. The van der Waals surface area contributed by atoms with Gasteiger partial charge in [0.05, 0.1) is 24.9 Å². The van der Waals surface area contributed by atoms with E-state index in [0.29, 0.717) is 5.41 Å². The highest BCUT2D eigenvalue weighted by Crippen LogP contribution is 2.62. The third kappa shape index (κ3) is 1.13. The minimum atomic E-state index is 0.152. The Balaban J connectivity index is 1.93. The second-order valence-corrected chi connectivity index (χ2v) is 4.86. The number of hydrogen-bond donors (Lipinski definition) is 1. The normalized spacial score (nSPS) is 25.9. The van der Waals surface area contributed by atoms with E-state index in [2.05, 4.69) is 11.4 Å². The lowest BCUT2D eigenvalue weighted by Gasteiger charge is -2.46. The summed E-state index contributed by atoms with van der Waals surface area (Å²) < 4.78 is 11.1. The molecule has 0 amide bonds. The summed E-state index contributed by atoms with van der Waals surface area (Å²) in [5, 5.41) is 3.31. The fourth-order valence-electron chi connectivity index (χ4n) is 2.88. The number of hydrogen-bond acceptors (Lipinski definition) is 3. The van der Waals surface area contributed by atoms with E-state index in [1.54, 1.807) is 6.26 Å². The van der Waals surface area contributed by atoms with Gasteiger partial charge in [0.15, 0.2) is 0 Å². The number of nitrogens with one attached hydrogen (secondary N) is 1. The number of furan rings is 1. The summed E-state index contributed by atoms with van der Waals surface area (Å²) in [6.45, 7) is 2.71. The third-order valence-corrected chi connectivity index (χ3v) is 4.07. The van der Waals surface area contributed by atoms with E-state index in [1.165, 1.54) is 12.8 Å². The maximum absolute atomic E-state index is 5.61. The molecule has 1 aliphatic carbocycles. The molecule has 1 aromatic rings. The second kappa shape index (κ2) is 3.09. The molecule has 2 aliphatic rings. The lowest BCUT2D eigenvalue weighted by molar-refractivity contribution is -0.108. The molecule has 0 unspecified atom stereocenters. The van der Waals surface area contributed by atoms with Crippen molar-refractivity contribution in [2.24, 2.45) is 5.41 Å². The summed E-state index contributed by atoms with van der Waals surface area (Å²) in [6.07, 6.45) is 4.35. The van der Waals surface area contributed by atoms with Crippen LogP contribution in [0.15, 0.2) is 22.8 Å². The first kappa shape index (κ1) is 9.43. The third-order valence-electron chi connectivity index (χ3n) is 4.07. The van der Waals surface area contributed by atoms with Crippen LogP contribution in [0, 0.1) is 5.41 Å². The molecule has 1 aliphatic heterocycles. The molecule has 0 aromatic carbocycles. The quantitative estimate of drug-likeness (QED) is 0.813. The van der Waals surface area contributed by atoms with Gasteiger partial charge in [-0.1, -0.05) is 0 Å². The maximum Gasteiger partial charge on any atom is 0.115 e. The Bertz CT molecular complexity index is 337. The van der Waals surface area contributed by atoms with Crippen molar-refractivity contribution in [2.75, 3.05) is 26.8 Å². The van der Waals surface area contributed by atoms with E-state index in [4.69, 9.17) is 9.15 Å². The van der Waals surface area contributed by atoms with Crippen LogP contribution in [0.2, 0.25) is 0 Å². The Morgan fingerprint density at radius 1 is 1.40 bits per heavy atom. The average molecular weight is 207 g/mol. The van der Waals surface area contributed by atoms with Crippen molar-refractivity contribution < 1.29 is 9.15 Å². The van der Waals surface area contributed by atoms with Gasteiger partial charge in [0.1, 0.15) is 5.76 Å². The lowest BCUT2D eigenvalue weighted by Crippen LogP contribution is -2.56. The topological polar surface area (TPSA) is 34.4 Å². The zero-order chi connectivity index (χ0) is 10.4. The Kier molecular flexibility index (Phi) is 1.94. The van der Waals surface area contributed by atoms with Crippen LogP contribution in [0.3, 0.4) is 0 Å². The molecule has 15 heavy (non-hydrogen) atoms. The molecule has 1 N–H and O–H groups in total. The van der Waals surface area contributed by atoms with Crippen LogP contribution in [-0.4, -0.2) is 26.8 Å². The molecule has 2 heterocycles. The van der Waals surface area contributed by atoms with Crippen molar-refractivity contribution in [3.63, 3.8) is 0 Å². The molecule has 82 valence electrons. The van der Waals surface area contributed by atoms with E-state index >= 15 is 0 Å². The summed E-state index contributed by atoms with van der Waals surface area (Å²) in [4.78, 5) is 0. The molecule has 1 aromatic heterocycles. The molecular weight excluding hydrogens is 190 g/mol. The minimum Gasteiger partial charge on any atom is -0.469 e. The SMILES string of the molecule is CNCC1(C2(c3ccco3)COC2)CC1.